The first-order valence-electron chi connectivity index (χ1n) is 10.3. The third-order valence-corrected chi connectivity index (χ3v) is 7.23. The Morgan fingerprint density at radius 2 is 1.94 bits per heavy atom. The standard InChI is InChI=1S/C22H24N4O7S.ClH/c1-14-23-11-16(24-14)10-19(22(27)25-28)26(12-15-3-8-20-21(9-15)33-13-32-20)34(29,30)18-6-4-17(31-2)5-7-18;/h3-9,11,19,28H,10,12-13H2,1-2H3,(H,23,24)(H,25,27);1H. The average molecular weight is 525 g/mol. The van der Waals surface area contributed by atoms with Gasteiger partial charge in [-0.05, 0) is 48.9 Å². The largest absolute Gasteiger partial charge is 0.497 e. The fraction of sp³-hybridized carbons (Fsp3) is 0.273. The number of hydrogen-bond acceptors (Lipinski definition) is 8. The van der Waals surface area contributed by atoms with Crippen molar-refractivity contribution in [2.24, 2.45) is 0 Å². The van der Waals surface area contributed by atoms with Crippen molar-refractivity contribution in [3.8, 4) is 17.2 Å². The van der Waals surface area contributed by atoms with Crippen molar-refractivity contribution < 1.29 is 32.6 Å². The number of sulfonamides is 1. The summed E-state index contributed by atoms with van der Waals surface area (Å²) in [7, 11) is -2.74. The molecule has 1 aliphatic heterocycles. The van der Waals surface area contributed by atoms with Crippen LogP contribution in [0.2, 0.25) is 0 Å². The van der Waals surface area contributed by atoms with Gasteiger partial charge in [-0.1, -0.05) is 6.07 Å². The Labute approximate surface area is 208 Å². The molecule has 0 spiro atoms. The van der Waals surface area contributed by atoms with E-state index in [1.54, 1.807) is 36.8 Å². The molecule has 2 aromatic carbocycles. The molecule has 1 atom stereocenters. The molecule has 1 aromatic heterocycles. The zero-order chi connectivity index (χ0) is 24.3. The van der Waals surface area contributed by atoms with E-state index in [0.29, 0.717) is 34.3 Å². The highest BCUT2D eigenvalue weighted by molar-refractivity contribution is 7.89. The van der Waals surface area contributed by atoms with Crippen LogP contribution in [0.5, 0.6) is 17.2 Å². The van der Waals surface area contributed by atoms with Crippen LogP contribution in [0.4, 0.5) is 0 Å². The summed E-state index contributed by atoms with van der Waals surface area (Å²) in [5.74, 6) is 1.23. The van der Waals surface area contributed by atoms with Gasteiger partial charge >= 0.3 is 0 Å². The highest BCUT2D eigenvalue weighted by atomic mass is 35.5. The van der Waals surface area contributed by atoms with Gasteiger partial charge in [0, 0.05) is 19.2 Å². The van der Waals surface area contributed by atoms with Gasteiger partial charge in [0.1, 0.15) is 17.6 Å². The molecule has 0 aliphatic carbocycles. The van der Waals surface area contributed by atoms with E-state index in [1.165, 1.54) is 31.4 Å². The molecule has 35 heavy (non-hydrogen) atoms. The number of carbonyl (C=O) groups is 1. The van der Waals surface area contributed by atoms with Crippen molar-refractivity contribution in [3.05, 3.63) is 65.7 Å². The third kappa shape index (κ3) is 5.68. The number of nitrogens with one attached hydrogen (secondary N) is 2. The fourth-order valence-electron chi connectivity index (χ4n) is 3.64. The Morgan fingerprint density at radius 3 is 2.57 bits per heavy atom. The first-order chi connectivity index (χ1) is 16.3. The number of fused-ring (bicyclic) bond motifs is 1. The molecule has 1 amide bonds. The van der Waals surface area contributed by atoms with Gasteiger partial charge in [-0.15, -0.1) is 12.4 Å². The molecular weight excluding hydrogens is 500 g/mol. The normalized spacial score (nSPS) is 13.3. The predicted molar refractivity (Wildman–Crippen MR) is 126 cm³/mol. The maximum Gasteiger partial charge on any atom is 0.262 e. The van der Waals surface area contributed by atoms with E-state index >= 15 is 0 Å². The topological polar surface area (TPSA) is 143 Å². The zero-order valence-electron chi connectivity index (χ0n) is 18.9. The number of imidazole rings is 1. The zero-order valence-corrected chi connectivity index (χ0v) is 20.6. The van der Waals surface area contributed by atoms with Crippen molar-refractivity contribution >= 4 is 28.3 Å². The summed E-state index contributed by atoms with van der Waals surface area (Å²) in [6.45, 7) is 1.64. The summed E-state index contributed by atoms with van der Waals surface area (Å²) in [5, 5.41) is 9.43. The van der Waals surface area contributed by atoms with E-state index in [4.69, 9.17) is 14.2 Å². The number of carbonyl (C=O) groups excluding carboxylic acids is 1. The second kappa shape index (κ2) is 11.0. The fourth-order valence-corrected chi connectivity index (χ4v) is 5.21. The van der Waals surface area contributed by atoms with Crippen LogP contribution in [-0.2, 0) is 27.8 Å². The maximum atomic E-state index is 13.8. The minimum atomic E-state index is -4.21. The third-order valence-electron chi connectivity index (χ3n) is 5.36. The molecule has 1 aliphatic rings. The Balaban J connectivity index is 0.00000342. The maximum absolute atomic E-state index is 13.8. The number of halogens is 1. The van der Waals surface area contributed by atoms with Gasteiger partial charge in [0.2, 0.25) is 16.8 Å². The quantitative estimate of drug-likeness (QED) is 0.285. The van der Waals surface area contributed by atoms with Gasteiger partial charge in [-0.25, -0.2) is 18.9 Å². The number of rotatable bonds is 9. The number of aryl methyl sites for hydroxylation is 1. The van der Waals surface area contributed by atoms with Crippen LogP contribution in [0, 0.1) is 6.92 Å². The molecule has 11 nitrogen and oxygen atoms in total. The summed E-state index contributed by atoms with van der Waals surface area (Å²) < 4.78 is 44.4. The second-order valence-electron chi connectivity index (χ2n) is 7.59. The SMILES string of the molecule is COc1ccc(S(=O)(=O)N(Cc2ccc3c(c2)OCO3)C(Cc2c[nH]c(C)n2)C(=O)NO)cc1.Cl. The smallest absolute Gasteiger partial charge is 0.262 e. The van der Waals surface area contributed by atoms with Crippen LogP contribution in [0.25, 0.3) is 0 Å². The van der Waals surface area contributed by atoms with E-state index in [2.05, 4.69) is 9.97 Å². The lowest BCUT2D eigenvalue weighted by molar-refractivity contribution is -0.133. The predicted octanol–water partition coefficient (Wildman–Crippen LogP) is 2.18. The minimum Gasteiger partial charge on any atom is -0.497 e. The Morgan fingerprint density at radius 1 is 1.23 bits per heavy atom. The molecule has 3 N–H and O–H groups in total. The van der Waals surface area contributed by atoms with Gasteiger partial charge in [0.25, 0.3) is 5.91 Å². The van der Waals surface area contributed by atoms with Gasteiger partial charge in [0.15, 0.2) is 11.5 Å². The van der Waals surface area contributed by atoms with E-state index in [-0.39, 0.29) is 37.1 Å². The molecule has 0 fully saturated rings. The van der Waals surface area contributed by atoms with Gasteiger partial charge in [-0.2, -0.15) is 4.31 Å². The van der Waals surface area contributed by atoms with Crippen LogP contribution in [0.1, 0.15) is 17.1 Å². The molecule has 13 heteroatoms. The number of benzene rings is 2. The van der Waals surface area contributed by atoms with Gasteiger partial charge in [0.05, 0.1) is 17.7 Å². The van der Waals surface area contributed by atoms with Crippen LogP contribution >= 0.6 is 12.4 Å². The van der Waals surface area contributed by atoms with Crippen LogP contribution in [-0.4, -0.2) is 53.7 Å². The molecular formula is C22H25ClN4O7S. The molecule has 0 bridgehead atoms. The number of ether oxygens (including phenoxy) is 3. The second-order valence-corrected chi connectivity index (χ2v) is 9.48. The number of H-pyrrole nitrogens is 1. The van der Waals surface area contributed by atoms with Crippen molar-refractivity contribution in [3.63, 3.8) is 0 Å². The molecule has 1 unspecified atom stereocenters. The number of hydroxylamine groups is 1. The molecule has 0 saturated heterocycles. The molecule has 3 aromatic rings. The molecule has 188 valence electrons. The van der Waals surface area contributed by atoms with Crippen LogP contribution < -0.4 is 19.7 Å². The van der Waals surface area contributed by atoms with E-state index in [1.807, 2.05) is 0 Å². The summed E-state index contributed by atoms with van der Waals surface area (Å²) in [4.78, 5) is 19.9. The lowest BCUT2D eigenvalue weighted by atomic mass is 10.1. The highest BCUT2D eigenvalue weighted by Gasteiger charge is 2.37. The summed E-state index contributed by atoms with van der Waals surface area (Å²) in [6, 6.07) is 9.55. The first-order valence-corrected chi connectivity index (χ1v) is 11.7. The summed E-state index contributed by atoms with van der Waals surface area (Å²) in [6.07, 6.45) is 1.52. The Kier molecular flexibility index (Phi) is 8.22. The van der Waals surface area contributed by atoms with Crippen molar-refractivity contribution in [2.45, 2.75) is 30.8 Å². The van der Waals surface area contributed by atoms with Gasteiger partial charge < -0.3 is 19.2 Å². The van der Waals surface area contributed by atoms with Gasteiger partial charge in [-0.3, -0.25) is 10.0 Å². The molecule has 2 heterocycles. The summed E-state index contributed by atoms with van der Waals surface area (Å²) >= 11 is 0. The van der Waals surface area contributed by atoms with E-state index in [9.17, 15) is 18.4 Å². The monoisotopic (exact) mass is 524 g/mol. The van der Waals surface area contributed by atoms with E-state index in [0.717, 1.165) is 4.31 Å². The number of aromatic amines is 1. The average Bonchev–Trinajstić information content (AvgIpc) is 3.48. The Bertz CT molecular complexity index is 1280. The number of hydrogen-bond donors (Lipinski definition) is 3. The van der Waals surface area contributed by atoms with Crippen LogP contribution in [0.3, 0.4) is 0 Å². The first kappa shape index (κ1) is 26.3. The van der Waals surface area contributed by atoms with Crippen LogP contribution in [0.15, 0.2) is 53.6 Å². The van der Waals surface area contributed by atoms with Crippen molar-refractivity contribution in [1.82, 2.24) is 19.8 Å². The lowest BCUT2D eigenvalue weighted by Gasteiger charge is -2.29. The summed E-state index contributed by atoms with van der Waals surface area (Å²) in [5.41, 5.74) is 2.62. The minimum absolute atomic E-state index is 0. The molecule has 0 saturated carbocycles. The highest BCUT2D eigenvalue weighted by Crippen LogP contribution is 2.34. The number of methoxy groups -OCH3 is 1. The molecule has 4 rings (SSSR count). The number of aromatic nitrogens is 2. The lowest BCUT2D eigenvalue weighted by Crippen LogP contribution is -2.49. The molecule has 0 radical (unpaired) electrons. The Hall–Kier alpha value is -3.32. The van der Waals surface area contributed by atoms with E-state index < -0.39 is 22.0 Å². The number of amides is 1. The number of nitrogens with zero attached hydrogens (tertiary/aromatic N) is 2. The van der Waals surface area contributed by atoms with Crippen molar-refractivity contribution in [1.29, 1.82) is 0 Å². The van der Waals surface area contributed by atoms with Crippen molar-refractivity contribution in [2.75, 3.05) is 13.9 Å².